The van der Waals surface area contributed by atoms with Crippen LogP contribution in [0.5, 0.6) is 11.5 Å². The molecule has 0 unspecified atom stereocenters. The third-order valence-electron chi connectivity index (χ3n) is 6.00. The molecule has 10 nitrogen and oxygen atoms in total. The van der Waals surface area contributed by atoms with Gasteiger partial charge in [-0.3, -0.25) is 20.4 Å². The molecule has 1 heterocycles. The molecule has 0 radical (unpaired) electrons. The summed E-state index contributed by atoms with van der Waals surface area (Å²) < 4.78 is 11.9. The molecule has 2 aromatic carbocycles. The van der Waals surface area contributed by atoms with Gasteiger partial charge in [0.1, 0.15) is 30.0 Å². The third kappa shape index (κ3) is 7.72. The van der Waals surface area contributed by atoms with Crippen molar-refractivity contribution in [2.24, 2.45) is 11.5 Å². The number of nitrogens with zero attached hydrogens (tertiary/aromatic N) is 1. The zero-order valence-corrected chi connectivity index (χ0v) is 20.5. The van der Waals surface area contributed by atoms with Gasteiger partial charge in [0.15, 0.2) is 0 Å². The highest BCUT2D eigenvalue weighted by molar-refractivity contribution is 5.95. The van der Waals surface area contributed by atoms with Gasteiger partial charge >= 0.3 is 0 Å². The van der Waals surface area contributed by atoms with Crippen LogP contribution >= 0.6 is 0 Å². The van der Waals surface area contributed by atoms with E-state index in [0.717, 1.165) is 31.5 Å². The molecule has 10 heteroatoms. The number of carbonyl (C=O) groups is 2. The second kappa shape index (κ2) is 12.6. The number of nitrogen functional groups attached to an aromatic ring is 1. The van der Waals surface area contributed by atoms with E-state index < -0.39 is 5.91 Å². The van der Waals surface area contributed by atoms with Gasteiger partial charge in [-0.2, -0.15) is 0 Å². The molecule has 0 spiro atoms. The van der Waals surface area contributed by atoms with Crippen molar-refractivity contribution in [3.63, 3.8) is 0 Å². The van der Waals surface area contributed by atoms with E-state index in [1.54, 1.807) is 49.4 Å². The Morgan fingerprint density at radius 1 is 1.06 bits per heavy atom. The predicted molar refractivity (Wildman–Crippen MR) is 138 cm³/mol. The van der Waals surface area contributed by atoms with E-state index in [0.29, 0.717) is 34.9 Å². The van der Waals surface area contributed by atoms with Crippen molar-refractivity contribution in [2.75, 3.05) is 26.2 Å². The lowest BCUT2D eigenvalue weighted by atomic mass is 10.0. The number of benzene rings is 2. The summed E-state index contributed by atoms with van der Waals surface area (Å²) in [7, 11) is 0. The standard InChI is InChI=1S/C26H34N6O4/c1-17(27)32-13-10-22(11-14-32)36-21-7-4-19(5-8-21)26(34)31-12-15-35-23-16-20(25(29)30)3-2-18(23)6-9-24(28)33/h2-5,7-8,16,22,27H,6,9-15H2,1H3,(H2,28,33)(H3,29,30)(H,31,34). The number of likely N-dealkylation sites (tertiary alicyclic amines) is 1. The quantitative estimate of drug-likeness (QED) is 0.182. The van der Waals surface area contributed by atoms with Crippen LogP contribution in [0.1, 0.15) is 47.7 Å². The lowest BCUT2D eigenvalue weighted by molar-refractivity contribution is -0.118. The van der Waals surface area contributed by atoms with Gasteiger partial charge in [-0.05, 0) is 49.2 Å². The number of amides is 2. The summed E-state index contributed by atoms with van der Waals surface area (Å²) in [4.78, 5) is 25.7. The average molecular weight is 495 g/mol. The lowest BCUT2D eigenvalue weighted by Crippen LogP contribution is -2.40. The first-order chi connectivity index (χ1) is 17.2. The number of ether oxygens (including phenoxy) is 2. The Morgan fingerprint density at radius 2 is 1.72 bits per heavy atom. The molecule has 2 aromatic rings. The number of aryl methyl sites for hydroxylation is 1. The highest BCUT2D eigenvalue weighted by Gasteiger charge is 2.20. The summed E-state index contributed by atoms with van der Waals surface area (Å²) in [6.45, 7) is 3.89. The number of nitrogens with two attached hydrogens (primary N) is 2. The molecule has 2 amide bonds. The van der Waals surface area contributed by atoms with Crippen LogP contribution in [0.3, 0.4) is 0 Å². The number of piperidine rings is 1. The van der Waals surface area contributed by atoms with Crippen molar-refractivity contribution >= 4 is 23.5 Å². The largest absolute Gasteiger partial charge is 0.491 e. The molecule has 1 fully saturated rings. The fraction of sp³-hybridized carbons (Fsp3) is 0.385. The van der Waals surface area contributed by atoms with E-state index in [9.17, 15) is 9.59 Å². The maximum atomic E-state index is 12.5. The van der Waals surface area contributed by atoms with Crippen molar-refractivity contribution in [1.82, 2.24) is 10.2 Å². The Labute approximate surface area is 211 Å². The summed E-state index contributed by atoms with van der Waals surface area (Å²) in [6.07, 6.45) is 2.41. The van der Waals surface area contributed by atoms with Gasteiger partial charge in [0.05, 0.1) is 12.4 Å². The molecule has 3 rings (SSSR count). The first-order valence-electron chi connectivity index (χ1n) is 12.0. The molecular weight excluding hydrogens is 460 g/mol. The summed E-state index contributed by atoms with van der Waals surface area (Å²) in [6, 6.07) is 12.1. The highest BCUT2D eigenvalue weighted by atomic mass is 16.5. The normalized spacial score (nSPS) is 13.6. The van der Waals surface area contributed by atoms with Gasteiger partial charge in [-0.25, -0.2) is 0 Å². The number of primary amides is 1. The van der Waals surface area contributed by atoms with Crippen molar-refractivity contribution in [3.05, 3.63) is 59.2 Å². The molecule has 1 aliphatic rings. The summed E-state index contributed by atoms with van der Waals surface area (Å²) in [5.41, 5.74) is 12.6. The van der Waals surface area contributed by atoms with Crippen LogP contribution < -0.4 is 26.3 Å². The lowest BCUT2D eigenvalue weighted by Gasteiger charge is -2.32. The van der Waals surface area contributed by atoms with Gasteiger partial charge in [0.2, 0.25) is 5.91 Å². The van der Waals surface area contributed by atoms with Crippen molar-refractivity contribution in [2.45, 2.75) is 38.7 Å². The maximum Gasteiger partial charge on any atom is 0.251 e. The minimum atomic E-state index is -0.413. The minimum absolute atomic E-state index is 0.0889. The first-order valence-corrected chi connectivity index (χ1v) is 12.0. The second-order valence-electron chi connectivity index (χ2n) is 8.72. The van der Waals surface area contributed by atoms with Crippen molar-refractivity contribution in [3.8, 4) is 11.5 Å². The Bertz CT molecular complexity index is 1090. The van der Waals surface area contributed by atoms with E-state index in [1.165, 1.54) is 0 Å². The van der Waals surface area contributed by atoms with Gasteiger partial charge in [-0.15, -0.1) is 0 Å². The first kappa shape index (κ1) is 26.5. The predicted octanol–water partition coefficient (Wildman–Crippen LogP) is 2.04. The molecule has 0 aliphatic carbocycles. The van der Waals surface area contributed by atoms with Crippen LogP contribution in [0.15, 0.2) is 42.5 Å². The van der Waals surface area contributed by atoms with Gasteiger partial charge < -0.3 is 31.2 Å². The molecule has 1 aliphatic heterocycles. The molecule has 0 bridgehead atoms. The third-order valence-corrected chi connectivity index (χ3v) is 6.00. The van der Waals surface area contributed by atoms with Gasteiger partial charge in [0.25, 0.3) is 5.91 Å². The zero-order chi connectivity index (χ0) is 26.1. The smallest absolute Gasteiger partial charge is 0.251 e. The number of hydrogen-bond donors (Lipinski definition) is 5. The molecule has 192 valence electrons. The van der Waals surface area contributed by atoms with Crippen molar-refractivity contribution in [1.29, 1.82) is 10.8 Å². The molecule has 0 aromatic heterocycles. The Hall–Kier alpha value is -4.08. The zero-order valence-electron chi connectivity index (χ0n) is 20.5. The van der Waals surface area contributed by atoms with E-state index >= 15 is 0 Å². The molecule has 36 heavy (non-hydrogen) atoms. The number of nitrogens with one attached hydrogen (secondary N) is 3. The van der Waals surface area contributed by atoms with Crippen LogP contribution in [-0.2, 0) is 11.2 Å². The molecule has 0 saturated carbocycles. The molecular formula is C26H34N6O4. The summed E-state index contributed by atoms with van der Waals surface area (Å²) in [5.74, 6) is 1.07. The average Bonchev–Trinajstić information content (AvgIpc) is 2.86. The van der Waals surface area contributed by atoms with Crippen LogP contribution in [0.2, 0.25) is 0 Å². The maximum absolute atomic E-state index is 12.5. The van der Waals surface area contributed by atoms with E-state index in [2.05, 4.69) is 5.32 Å². The summed E-state index contributed by atoms with van der Waals surface area (Å²) in [5, 5.41) is 18.2. The highest BCUT2D eigenvalue weighted by Crippen LogP contribution is 2.22. The summed E-state index contributed by atoms with van der Waals surface area (Å²) >= 11 is 0. The monoisotopic (exact) mass is 494 g/mol. The van der Waals surface area contributed by atoms with Gasteiger partial charge in [0, 0.05) is 43.5 Å². The van der Waals surface area contributed by atoms with Crippen LogP contribution in [0, 0.1) is 10.8 Å². The molecule has 1 saturated heterocycles. The minimum Gasteiger partial charge on any atom is -0.491 e. The molecule has 7 N–H and O–H groups in total. The SMILES string of the molecule is CC(=N)N1CCC(Oc2ccc(C(=O)NCCOc3cc(C(=N)N)ccc3CCC(N)=O)cc2)CC1. The van der Waals surface area contributed by atoms with E-state index in [4.69, 9.17) is 31.8 Å². The fourth-order valence-corrected chi connectivity index (χ4v) is 3.93. The van der Waals surface area contributed by atoms with Crippen LogP contribution in [0.25, 0.3) is 0 Å². The molecule has 0 atom stereocenters. The number of rotatable bonds is 11. The Morgan fingerprint density at radius 3 is 2.33 bits per heavy atom. The second-order valence-corrected chi connectivity index (χ2v) is 8.72. The Kier molecular flexibility index (Phi) is 9.26. The Balaban J connectivity index is 1.47. The number of amidine groups is 2. The van der Waals surface area contributed by atoms with Crippen molar-refractivity contribution < 1.29 is 19.1 Å². The van der Waals surface area contributed by atoms with Crippen LogP contribution in [-0.4, -0.2) is 60.7 Å². The topological polar surface area (TPSA) is 168 Å². The van der Waals surface area contributed by atoms with Gasteiger partial charge in [-0.1, -0.05) is 12.1 Å². The van der Waals surface area contributed by atoms with E-state index in [1.807, 2.05) is 4.90 Å². The number of hydrogen-bond acceptors (Lipinski definition) is 6. The number of carbonyl (C=O) groups excluding carboxylic acids is 2. The van der Waals surface area contributed by atoms with Crippen LogP contribution in [0.4, 0.5) is 0 Å². The van der Waals surface area contributed by atoms with E-state index in [-0.39, 0.29) is 37.4 Å². The fourth-order valence-electron chi connectivity index (χ4n) is 3.93.